The van der Waals surface area contributed by atoms with Gasteiger partial charge in [-0.15, -0.1) is 0 Å². The predicted octanol–water partition coefficient (Wildman–Crippen LogP) is 1.13. The quantitative estimate of drug-likeness (QED) is 0.757. The Kier molecular flexibility index (Phi) is 3.94. The summed E-state index contributed by atoms with van der Waals surface area (Å²) in [6.45, 7) is 7.34. The number of rotatable bonds is 6. The van der Waals surface area contributed by atoms with Gasteiger partial charge in [0.2, 0.25) is 5.91 Å². The van der Waals surface area contributed by atoms with Crippen molar-refractivity contribution in [1.82, 2.24) is 15.1 Å². The van der Waals surface area contributed by atoms with Gasteiger partial charge in [-0.25, -0.2) is 0 Å². The Morgan fingerprint density at radius 3 is 2.79 bits per heavy atom. The molecule has 0 saturated heterocycles. The molecular weight excluding hydrogens is 240 g/mol. The Hall–Kier alpha value is -1.36. The zero-order chi connectivity index (χ0) is 14.0. The van der Waals surface area contributed by atoms with Gasteiger partial charge in [-0.3, -0.25) is 9.48 Å². The number of hydrogen-bond donors (Lipinski definition) is 2. The van der Waals surface area contributed by atoms with Gasteiger partial charge in [0.1, 0.15) is 0 Å². The molecule has 0 bridgehead atoms. The van der Waals surface area contributed by atoms with Crippen LogP contribution in [0.25, 0.3) is 0 Å². The Morgan fingerprint density at radius 2 is 2.26 bits per heavy atom. The van der Waals surface area contributed by atoms with Crippen LogP contribution in [0.5, 0.6) is 0 Å². The molecule has 1 aromatic heterocycles. The number of aromatic nitrogens is 2. The molecule has 0 aromatic carbocycles. The summed E-state index contributed by atoms with van der Waals surface area (Å²) >= 11 is 0. The molecule has 1 heterocycles. The molecule has 1 fully saturated rings. The first-order valence-electron chi connectivity index (χ1n) is 6.99. The monoisotopic (exact) mass is 264 g/mol. The molecule has 0 aliphatic heterocycles. The number of hydrogen-bond acceptors (Lipinski definition) is 3. The van der Waals surface area contributed by atoms with Crippen LogP contribution in [-0.2, 0) is 11.3 Å². The normalized spacial score (nSPS) is 18.1. The highest BCUT2D eigenvalue weighted by Crippen LogP contribution is 2.38. The molecule has 1 atom stereocenters. The van der Waals surface area contributed by atoms with Crippen molar-refractivity contribution in [2.75, 3.05) is 6.54 Å². The SMILES string of the molecule is Cc1cc(C)n(CCCNC(=O)C(C)(N)C2CC2)n1. The lowest BCUT2D eigenvalue weighted by atomic mass is 9.96. The van der Waals surface area contributed by atoms with Gasteiger partial charge in [-0.05, 0) is 52.0 Å². The van der Waals surface area contributed by atoms with Crippen molar-refractivity contribution < 1.29 is 4.79 Å². The minimum atomic E-state index is -0.696. The van der Waals surface area contributed by atoms with E-state index in [0.717, 1.165) is 37.2 Å². The van der Waals surface area contributed by atoms with E-state index in [0.29, 0.717) is 12.5 Å². The molecule has 5 nitrogen and oxygen atoms in total. The highest BCUT2D eigenvalue weighted by molar-refractivity contribution is 5.86. The zero-order valence-electron chi connectivity index (χ0n) is 12.1. The number of nitrogens with two attached hydrogens (primary N) is 1. The summed E-state index contributed by atoms with van der Waals surface area (Å²) in [5, 5.41) is 7.33. The number of nitrogens with one attached hydrogen (secondary N) is 1. The van der Waals surface area contributed by atoms with E-state index in [-0.39, 0.29) is 5.91 Å². The standard InChI is InChI=1S/C14H24N4O/c1-10-9-11(2)18(17-10)8-4-7-16-13(19)14(3,15)12-5-6-12/h9,12H,4-8,15H2,1-3H3,(H,16,19). The third-order valence-corrected chi connectivity index (χ3v) is 3.85. The summed E-state index contributed by atoms with van der Waals surface area (Å²) in [6.07, 6.45) is 3.02. The van der Waals surface area contributed by atoms with Gasteiger partial charge in [0.25, 0.3) is 0 Å². The predicted molar refractivity (Wildman–Crippen MR) is 74.6 cm³/mol. The number of amides is 1. The summed E-state index contributed by atoms with van der Waals surface area (Å²) in [5.41, 5.74) is 7.55. The molecule has 1 aromatic rings. The molecule has 1 saturated carbocycles. The first kappa shape index (κ1) is 14.1. The largest absolute Gasteiger partial charge is 0.354 e. The van der Waals surface area contributed by atoms with Crippen LogP contribution < -0.4 is 11.1 Å². The Labute approximate surface area is 114 Å². The van der Waals surface area contributed by atoms with Crippen molar-refractivity contribution in [1.29, 1.82) is 0 Å². The van der Waals surface area contributed by atoms with E-state index in [1.807, 2.05) is 25.5 Å². The summed E-state index contributed by atoms with van der Waals surface area (Å²) in [4.78, 5) is 12.0. The second kappa shape index (κ2) is 5.33. The van der Waals surface area contributed by atoms with Gasteiger partial charge in [0, 0.05) is 18.8 Å². The van der Waals surface area contributed by atoms with Gasteiger partial charge < -0.3 is 11.1 Å². The molecule has 1 amide bonds. The van der Waals surface area contributed by atoms with Gasteiger partial charge in [-0.2, -0.15) is 5.10 Å². The lowest BCUT2D eigenvalue weighted by Gasteiger charge is -2.23. The third kappa shape index (κ3) is 3.35. The van der Waals surface area contributed by atoms with Gasteiger partial charge >= 0.3 is 0 Å². The summed E-state index contributed by atoms with van der Waals surface area (Å²) in [6, 6.07) is 2.06. The topological polar surface area (TPSA) is 72.9 Å². The van der Waals surface area contributed by atoms with Crippen LogP contribution in [0.1, 0.15) is 37.6 Å². The summed E-state index contributed by atoms with van der Waals surface area (Å²) in [7, 11) is 0. The smallest absolute Gasteiger partial charge is 0.240 e. The molecule has 1 aliphatic rings. The van der Waals surface area contributed by atoms with Crippen molar-refractivity contribution in [3.05, 3.63) is 17.5 Å². The molecule has 19 heavy (non-hydrogen) atoms. The molecule has 1 aliphatic carbocycles. The lowest BCUT2D eigenvalue weighted by Crippen LogP contribution is -2.53. The van der Waals surface area contributed by atoms with Crippen LogP contribution >= 0.6 is 0 Å². The third-order valence-electron chi connectivity index (χ3n) is 3.85. The Bertz CT molecular complexity index is 460. The minimum absolute atomic E-state index is 0.0247. The minimum Gasteiger partial charge on any atom is -0.354 e. The fourth-order valence-corrected chi connectivity index (χ4v) is 2.39. The highest BCUT2D eigenvalue weighted by atomic mass is 16.2. The van der Waals surface area contributed by atoms with Crippen LogP contribution in [0.2, 0.25) is 0 Å². The van der Waals surface area contributed by atoms with Crippen LogP contribution in [0.4, 0.5) is 0 Å². The average molecular weight is 264 g/mol. The van der Waals surface area contributed by atoms with Gasteiger partial charge in [0.15, 0.2) is 0 Å². The van der Waals surface area contributed by atoms with E-state index in [1.54, 1.807) is 0 Å². The Morgan fingerprint density at radius 1 is 1.58 bits per heavy atom. The number of aryl methyl sites for hydroxylation is 3. The van der Waals surface area contributed by atoms with Crippen LogP contribution in [-0.4, -0.2) is 27.8 Å². The average Bonchev–Trinajstić information content (AvgIpc) is 3.12. The molecule has 5 heteroatoms. The maximum Gasteiger partial charge on any atom is 0.240 e. The fourth-order valence-electron chi connectivity index (χ4n) is 2.39. The molecule has 0 radical (unpaired) electrons. The van der Waals surface area contributed by atoms with Gasteiger partial charge in [-0.1, -0.05) is 0 Å². The van der Waals surface area contributed by atoms with E-state index in [1.165, 1.54) is 0 Å². The van der Waals surface area contributed by atoms with Crippen molar-refractivity contribution >= 4 is 5.91 Å². The van der Waals surface area contributed by atoms with Crippen molar-refractivity contribution in [2.45, 2.75) is 52.1 Å². The zero-order valence-corrected chi connectivity index (χ0v) is 12.1. The molecule has 0 spiro atoms. The number of carbonyl (C=O) groups excluding carboxylic acids is 1. The number of nitrogens with zero attached hydrogens (tertiary/aromatic N) is 2. The van der Waals surface area contributed by atoms with Crippen molar-refractivity contribution in [3.8, 4) is 0 Å². The molecule has 106 valence electrons. The lowest BCUT2D eigenvalue weighted by molar-refractivity contribution is -0.126. The van der Waals surface area contributed by atoms with E-state index < -0.39 is 5.54 Å². The molecule has 3 N–H and O–H groups in total. The fraction of sp³-hybridized carbons (Fsp3) is 0.714. The summed E-state index contributed by atoms with van der Waals surface area (Å²) < 4.78 is 1.98. The summed E-state index contributed by atoms with van der Waals surface area (Å²) in [5.74, 6) is 0.340. The van der Waals surface area contributed by atoms with E-state index in [4.69, 9.17) is 5.73 Å². The number of carbonyl (C=O) groups is 1. The molecular formula is C14H24N4O. The van der Waals surface area contributed by atoms with Crippen LogP contribution in [0.15, 0.2) is 6.07 Å². The molecule has 1 unspecified atom stereocenters. The maximum atomic E-state index is 12.0. The molecule has 2 rings (SSSR count). The van der Waals surface area contributed by atoms with E-state index >= 15 is 0 Å². The first-order chi connectivity index (χ1) is 8.91. The second-order valence-electron chi connectivity index (χ2n) is 5.82. The van der Waals surface area contributed by atoms with E-state index in [2.05, 4.69) is 16.5 Å². The maximum absolute atomic E-state index is 12.0. The van der Waals surface area contributed by atoms with E-state index in [9.17, 15) is 4.79 Å². The van der Waals surface area contributed by atoms with Crippen LogP contribution in [0.3, 0.4) is 0 Å². The highest BCUT2D eigenvalue weighted by Gasteiger charge is 2.43. The van der Waals surface area contributed by atoms with Crippen molar-refractivity contribution in [3.63, 3.8) is 0 Å². The van der Waals surface area contributed by atoms with Gasteiger partial charge in [0.05, 0.1) is 11.2 Å². The first-order valence-corrected chi connectivity index (χ1v) is 6.99. The van der Waals surface area contributed by atoms with Crippen LogP contribution in [0, 0.1) is 19.8 Å². The Balaban J connectivity index is 1.72. The second-order valence-corrected chi connectivity index (χ2v) is 5.82. The van der Waals surface area contributed by atoms with Crippen molar-refractivity contribution in [2.24, 2.45) is 11.7 Å².